The minimum absolute atomic E-state index is 0.241. The van der Waals surface area contributed by atoms with Crippen LogP contribution in [0.1, 0.15) is 129 Å². The highest BCUT2D eigenvalue weighted by molar-refractivity contribution is 6.60. The second-order valence-electron chi connectivity index (χ2n) is 12.6. The van der Waals surface area contributed by atoms with Gasteiger partial charge in [-0.25, -0.2) is 13.2 Å². The summed E-state index contributed by atoms with van der Waals surface area (Å²) < 4.78 is 49.1. The van der Waals surface area contributed by atoms with Crippen LogP contribution in [0.3, 0.4) is 0 Å². The van der Waals surface area contributed by atoms with E-state index in [2.05, 4.69) is 20.8 Å². The summed E-state index contributed by atoms with van der Waals surface area (Å²) in [6, 6.07) is 5.50. The van der Waals surface area contributed by atoms with E-state index in [0.717, 1.165) is 55.0 Å². The average Bonchev–Trinajstić information content (AvgIpc) is 2.89. The molecule has 0 aromatic heterocycles. The van der Waals surface area contributed by atoms with Crippen LogP contribution in [-0.2, 0) is 0 Å². The van der Waals surface area contributed by atoms with Crippen LogP contribution in [0.5, 0.6) is 5.75 Å². The Morgan fingerprint density at radius 1 is 0.865 bits per heavy atom. The monoisotopic (exact) mass is 538 g/mol. The second-order valence-corrected chi connectivity index (χ2v) is 16.3. The Balaban J connectivity index is 1.40. The molecule has 1 saturated carbocycles. The van der Waals surface area contributed by atoms with Crippen molar-refractivity contribution < 1.29 is 17.9 Å². The lowest BCUT2D eigenvalue weighted by molar-refractivity contribution is 0.173. The highest BCUT2D eigenvalue weighted by Gasteiger charge is 2.32. The highest BCUT2D eigenvalue weighted by Crippen LogP contribution is 2.44. The lowest BCUT2D eigenvalue weighted by atomic mass is 9.84. The van der Waals surface area contributed by atoms with Gasteiger partial charge in [0.2, 0.25) is 0 Å². The van der Waals surface area contributed by atoms with E-state index in [4.69, 9.17) is 4.74 Å². The van der Waals surface area contributed by atoms with Crippen molar-refractivity contribution in [2.24, 2.45) is 11.8 Å². The average molecular weight is 539 g/mol. The summed E-state index contributed by atoms with van der Waals surface area (Å²) in [5.41, 5.74) is 1.74. The molecule has 5 heteroatoms. The standard InChI is InChI=1S/C32H53F3OSi/c1-4-5-6-7-8-9-10-28(33)23-36-32-30(34)21-27(22-31(32)35)26-17-19-37(20-18-26)29-15-13-25(14-16-29)12-11-24(2)3/h21-22,24-26,28-29,37H,4-20,23H2,1-3H3/t25-,26?,28-,29-,37?/m1/s1. The second kappa shape index (κ2) is 16.2. The molecule has 1 aromatic rings. The molecule has 1 aromatic carbocycles. The molecule has 0 radical (unpaired) electrons. The number of hydrogen-bond donors (Lipinski definition) is 0. The van der Waals surface area contributed by atoms with Crippen LogP contribution in [-0.4, -0.2) is 21.6 Å². The van der Waals surface area contributed by atoms with E-state index in [9.17, 15) is 13.2 Å². The largest absolute Gasteiger partial charge is 0.485 e. The predicted octanol–water partition coefficient (Wildman–Crippen LogP) is 10.5. The van der Waals surface area contributed by atoms with Crippen molar-refractivity contribution in [2.75, 3.05) is 6.61 Å². The Morgan fingerprint density at radius 2 is 1.49 bits per heavy atom. The first-order valence-electron chi connectivity index (χ1n) is 15.6. The Hall–Kier alpha value is -0.973. The molecule has 1 nitrogen and oxygen atoms in total. The number of rotatable bonds is 15. The van der Waals surface area contributed by atoms with Crippen molar-refractivity contribution in [1.29, 1.82) is 0 Å². The smallest absolute Gasteiger partial charge is 0.190 e. The maximum atomic E-state index is 14.8. The van der Waals surface area contributed by atoms with Gasteiger partial charge in [0.15, 0.2) is 17.4 Å². The summed E-state index contributed by atoms with van der Waals surface area (Å²) in [6.07, 6.45) is 16.3. The number of benzene rings is 1. The molecule has 212 valence electrons. The van der Waals surface area contributed by atoms with Gasteiger partial charge in [-0.05, 0) is 60.3 Å². The normalized spacial score (nSPS) is 25.4. The van der Waals surface area contributed by atoms with Crippen LogP contribution in [0.15, 0.2) is 12.1 Å². The molecule has 2 aliphatic rings. The molecule has 1 atom stereocenters. The van der Waals surface area contributed by atoms with Gasteiger partial charge in [-0.3, -0.25) is 0 Å². The minimum Gasteiger partial charge on any atom is -0.485 e. The van der Waals surface area contributed by atoms with Gasteiger partial charge in [0.05, 0.1) is 0 Å². The van der Waals surface area contributed by atoms with Crippen LogP contribution < -0.4 is 4.74 Å². The van der Waals surface area contributed by atoms with E-state index >= 15 is 0 Å². The van der Waals surface area contributed by atoms with E-state index in [1.165, 1.54) is 82.0 Å². The van der Waals surface area contributed by atoms with Gasteiger partial charge >= 0.3 is 0 Å². The minimum atomic E-state index is -1.19. The number of ether oxygens (including phenoxy) is 1. The van der Waals surface area contributed by atoms with E-state index in [-0.39, 0.29) is 12.5 Å². The molecule has 0 bridgehead atoms. The zero-order valence-corrected chi connectivity index (χ0v) is 25.0. The van der Waals surface area contributed by atoms with Crippen LogP contribution in [0.4, 0.5) is 13.2 Å². The van der Waals surface area contributed by atoms with E-state index in [1.807, 2.05) is 0 Å². The third-order valence-electron chi connectivity index (χ3n) is 9.25. The summed E-state index contributed by atoms with van der Waals surface area (Å²) in [4.78, 5) is 0. The SMILES string of the molecule is CCCCCCCC[C@@H](F)COc1c(F)cc(C2CC[SiH]([C@H]3CC[C@H](CCC(C)C)CC3)CC2)cc1F. The Kier molecular flexibility index (Phi) is 13.4. The van der Waals surface area contributed by atoms with Gasteiger partial charge in [-0.15, -0.1) is 0 Å². The first-order valence-corrected chi connectivity index (χ1v) is 17.9. The van der Waals surface area contributed by atoms with Crippen molar-refractivity contribution >= 4 is 8.80 Å². The fourth-order valence-corrected chi connectivity index (χ4v) is 11.0. The molecule has 1 saturated heterocycles. The van der Waals surface area contributed by atoms with Gasteiger partial charge in [0, 0.05) is 8.80 Å². The summed E-state index contributed by atoms with van der Waals surface area (Å²) in [5, 5.41) is 0. The number of alkyl halides is 1. The summed E-state index contributed by atoms with van der Waals surface area (Å²) in [5.74, 6) is 0.228. The Morgan fingerprint density at radius 3 is 2.11 bits per heavy atom. The highest BCUT2D eigenvalue weighted by atomic mass is 28.3. The zero-order chi connectivity index (χ0) is 26.6. The first-order chi connectivity index (χ1) is 17.9. The maximum absolute atomic E-state index is 14.8. The van der Waals surface area contributed by atoms with Crippen LogP contribution in [0.2, 0.25) is 17.6 Å². The molecule has 3 rings (SSSR count). The molecule has 0 amide bonds. The first kappa shape index (κ1) is 30.6. The molecule has 1 heterocycles. The van der Waals surface area contributed by atoms with Gasteiger partial charge in [-0.2, -0.15) is 0 Å². The topological polar surface area (TPSA) is 9.23 Å². The quantitative estimate of drug-likeness (QED) is 0.159. The van der Waals surface area contributed by atoms with E-state index < -0.39 is 32.4 Å². The van der Waals surface area contributed by atoms with Crippen molar-refractivity contribution in [3.63, 3.8) is 0 Å². The molecule has 0 unspecified atom stereocenters. The Labute approximate surface area is 226 Å². The van der Waals surface area contributed by atoms with Crippen molar-refractivity contribution in [1.82, 2.24) is 0 Å². The number of unbranched alkanes of at least 4 members (excludes halogenated alkanes) is 5. The lowest BCUT2D eigenvalue weighted by Crippen LogP contribution is -2.29. The third kappa shape index (κ3) is 10.3. The zero-order valence-electron chi connectivity index (χ0n) is 23.9. The van der Waals surface area contributed by atoms with E-state index in [0.29, 0.717) is 6.42 Å². The number of hydrogen-bond acceptors (Lipinski definition) is 1. The molecule has 1 aliphatic carbocycles. The fraction of sp³-hybridized carbons (Fsp3) is 0.812. The predicted molar refractivity (Wildman–Crippen MR) is 153 cm³/mol. The van der Waals surface area contributed by atoms with Crippen molar-refractivity contribution in [2.45, 2.75) is 147 Å². The van der Waals surface area contributed by atoms with E-state index in [1.54, 1.807) is 0 Å². The molecular formula is C32H53F3OSi. The lowest BCUT2D eigenvalue weighted by Gasteiger charge is -2.37. The molecule has 37 heavy (non-hydrogen) atoms. The van der Waals surface area contributed by atoms with Gasteiger partial charge < -0.3 is 4.74 Å². The van der Waals surface area contributed by atoms with Crippen molar-refractivity contribution in [3.8, 4) is 5.75 Å². The van der Waals surface area contributed by atoms with Gasteiger partial charge in [-0.1, -0.05) is 110 Å². The van der Waals surface area contributed by atoms with Gasteiger partial charge in [0.1, 0.15) is 12.8 Å². The molecule has 0 spiro atoms. The molecular weight excluding hydrogens is 485 g/mol. The summed E-state index contributed by atoms with van der Waals surface area (Å²) in [6.45, 7) is 6.55. The number of halogens is 3. The summed E-state index contributed by atoms with van der Waals surface area (Å²) in [7, 11) is -0.766. The Bertz CT molecular complexity index is 746. The maximum Gasteiger partial charge on any atom is 0.190 e. The molecule has 2 fully saturated rings. The van der Waals surface area contributed by atoms with Crippen molar-refractivity contribution in [3.05, 3.63) is 29.3 Å². The fourth-order valence-electron chi connectivity index (χ4n) is 6.80. The third-order valence-corrected chi connectivity index (χ3v) is 13.4. The summed E-state index contributed by atoms with van der Waals surface area (Å²) >= 11 is 0. The van der Waals surface area contributed by atoms with Crippen LogP contribution >= 0.6 is 0 Å². The molecule has 1 aliphatic heterocycles. The van der Waals surface area contributed by atoms with Crippen LogP contribution in [0, 0.1) is 23.5 Å². The molecule has 0 N–H and O–H groups in total. The van der Waals surface area contributed by atoms with Gasteiger partial charge in [0.25, 0.3) is 0 Å². The van der Waals surface area contributed by atoms with Crippen LogP contribution in [0.25, 0.3) is 0 Å².